The average Bonchev–Trinajstić information content (AvgIpc) is 2.66. The van der Waals surface area contributed by atoms with Gasteiger partial charge in [-0.05, 0) is 31.2 Å². The molecule has 0 saturated carbocycles. The lowest BCUT2D eigenvalue weighted by Gasteiger charge is -1.97. The third-order valence-electron chi connectivity index (χ3n) is 2.17. The number of nitrogens with zero attached hydrogens (tertiary/aromatic N) is 1. The zero-order valence-electron chi connectivity index (χ0n) is 8.92. The number of hydrogen-bond acceptors (Lipinski definition) is 4. The predicted octanol–water partition coefficient (Wildman–Crippen LogP) is 1.97. The smallest absolute Gasteiger partial charge is 0.226 e. The van der Waals surface area contributed by atoms with E-state index in [9.17, 15) is 5.11 Å². The molecule has 84 valence electrons. The molecule has 1 atom stereocenters. The lowest BCUT2D eigenvalue weighted by molar-refractivity contribution is 0.194. The molecule has 1 aromatic heterocycles. The number of aromatic nitrogens is 1. The quantitative estimate of drug-likeness (QED) is 0.828. The van der Waals surface area contributed by atoms with Crippen molar-refractivity contribution < 1.29 is 14.6 Å². The third-order valence-corrected chi connectivity index (χ3v) is 2.17. The van der Waals surface area contributed by atoms with Crippen molar-refractivity contribution in [1.82, 2.24) is 4.98 Å². The number of aliphatic hydroxyl groups excluding tert-OH is 1. The summed E-state index contributed by atoms with van der Waals surface area (Å²) in [6.45, 7) is 1.70. The molecule has 4 heteroatoms. The van der Waals surface area contributed by atoms with Crippen LogP contribution in [-0.4, -0.2) is 21.3 Å². The molecule has 1 unspecified atom stereocenters. The van der Waals surface area contributed by atoms with Crippen LogP contribution in [-0.2, 0) is 6.42 Å². The Balaban J connectivity index is 2.21. The molecule has 0 fully saturated rings. The van der Waals surface area contributed by atoms with Gasteiger partial charge in [0.2, 0.25) is 5.89 Å². The highest BCUT2D eigenvalue weighted by Gasteiger charge is 2.08. The standard InChI is InChI=1S/C12H13NO3/c1-8(14)6-10-7-16-12(13-10)9-2-4-11(15)5-3-9/h2-5,7-8,14-15H,6H2,1H3. The number of benzene rings is 1. The van der Waals surface area contributed by atoms with E-state index in [4.69, 9.17) is 9.52 Å². The van der Waals surface area contributed by atoms with Gasteiger partial charge in [-0.25, -0.2) is 4.98 Å². The van der Waals surface area contributed by atoms with Crippen molar-refractivity contribution >= 4 is 0 Å². The number of aliphatic hydroxyl groups is 1. The molecular formula is C12H13NO3. The van der Waals surface area contributed by atoms with E-state index in [2.05, 4.69) is 4.98 Å². The topological polar surface area (TPSA) is 66.5 Å². The first kappa shape index (κ1) is 10.7. The minimum Gasteiger partial charge on any atom is -0.508 e. The number of aromatic hydroxyl groups is 1. The van der Waals surface area contributed by atoms with Crippen molar-refractivity contribution in [2.75, 3.05) is 0 Å². The van der Waals surface area contributed by atoms with Gasteiger partial charge in [-0.3, -0.25) is 0 Å². The fraction of sp³-hybridized carbons (Fsp3) is 0.250. The largest absolute Gasteiger partial charge is 0.508 e. The molecule has 0 aliphatic rings. The molecule has 0 spiro atoms. The Kier molecular flexibility index (Phi) is 2.92. The normalized spacial score (nSPS) is 12.6. The van der Waals surface area contributed by atoms with Crippen molar-refractivity contribution in [3.8, 4) is 17.2 Å². The highest BCUT2D eigenvalue weighted by atomic mass is 16.3. The molecule has 0 bridgehead atoms. The Labute approximate surface area is 93.2 Å². The van der Waals surface area contributed by atoms with Crippen LogP contribution in [0, 0.1) is 0 Å². The van der Waals surface area contributed by atoms with Gasteiger partial charge in [0.15, 0.2) is 0 Å². The molecule has 16 heavy (non-hydrogen) atoms. The molecule has 0 radical (unpaired) electrons. The Morgan fingerprint density at radius 3 is 2.62 bits per heavy atom. The second kappa shape index (κ2) is 4.37. The van der Waals surface area contributed by atoms with E-state index in [1.165, 1.54) is 6.26 Å². The number of oxazole rings is 1. The van der Waals surface area contributed by atoms with Gasteiger partial charge in [0.05, 0.1) is 11.8 Å². The molecule has 0 saturated heterocycles. The summed E-state index contributed by atoms with van der Waals surface area (Å²) in [5.41, 5.74) is 1.52. The maximum Gasteiger partial charge on any atom is 0.226 e. The number of hydrogen-bond donors (Lipinski definition) is 2. The molecule has 2 rings (SSSR count). The van der Waals surface area contributed by atoms with Gasteiger partial charge in [-0.15, -0.1) is 0 Å². The Morgan fingerprint density at radius 2 is 2.00 bits per heavy atom. The summed E-state index contributed by atoms with van der Waals surface area (Å²) in [7, 11) is 0. The summed E-state index contributed by atoms with van der Waals surface area (Å²) < 4.78 is 5.29. The van der Waals surface area contributed by atoms with E-state index in [1.54, 1.807) is 31.2 Å². The molecule has 1 heterocycles. The van der Waals surface area contributed by atoms with E-state index in [-0.39, 0.29) is 5.75 Å². The second-order valence-corrected chi connectivity index (χ2v) is 3.74. The van der Waals surface area contributed by atoms with Gasteiger partial charge < -0.3 is 14.6 Å². The zero-order valence-corrected chi connectivity index (χ0v) is 8.92. The first-order valence-corrected chi connectivity index (χ1v) is 5.07. The predicted molar refractivity (Wildman–Crippen MR) is 59.0 cm³/mol. The van der Waals surface area contributed by atoms with Crippen LogP contribution in [0.5, 0.6) is 5.75 Å². The minimum absolute atomic E-state index is 0.208. The van der Waals surface area contributed by atoms with Crippen molar-refractivity contribution in [3.63, 3.8) is 0 Å². The van der Waals surface area contributed by atoms with E-state index in [0.717, 1.165) is 11.3 Å². The maximum atomic E-state index is 9.21. The van der Waals surface area contributed by atoms with Crippen LogP contribution in [0.2, 0.25) is 0 Å². The van der Waals surface area contributed by atoms with Gasteiger partial charge >= 0.3 is 0 Å². The Morgan fingerprint density at radius 1 is 1.31 bits per heavy atom. The number of rotatable bonds is 3. The van der Waals surface area contributed by atoms with E-state index in [0.29, 0.717) is 12.3 Å². The minimum atomic E-state index is -0.433. The highest BCUT2D eigenvalue weighted by Crippen LogP contribution is 2.21. The summed E-state index contributed by atoms with van der Waals surface area (Å²) in [6.07, 6.45) is 1.58. The molecule has 4 nitrogen and oxygen atoms in total. The first-order valence-electron chi connectivity index (χ1n) is 5.07. The molecule has 0 aliphatic carbocycles. The van der Waals surface area contributed by atoms with Crippen LogP contribution in [0.25, 0.3) is 11.5 Å². The highest BCUT2D eigenvalue weighted by molar-refractivity contribution is 5.54. The maximum absolute atomic E-state index is 9.21. The number of phenolic OH excluding ortho intramolecular Hbond substituents is 1. The molecular weight excluding hydrogens is 206 g/mol. The summed E-state index contributed by atoms with van der Waals surface area (Å²) in [6, 6.07) is 6.61. The van der Waals surface area contributed by atoms with Crippen LogP contribution < -0.4 is 0 Å². The van der Waals surface area contributed by atoms with Gasteiger partial charge in [0.1, 0.15) is 12.0 Å². The monoisotopic (exact) mass is 219 g/mol. The first-order chi connectivity index (χ1) is 7.65. The Bertz CT molecular complexity index is 459. The number of phenols is 1. The molecule has 2 N–H and O–H groups in total. The van der Waals surface area contributed by atoms with Gasteiger partial charge in [0.25, 0.3) is 0 Å². The second-order valence-electron chi connectivity index (χ2n) is 3.74. The van der Waals surface area contributed by atoms with Crippen LogP contribution in [0.3, 0.4) is 0 Å². The van der Waals surface area contributed by atoms with Crippen molar-refractivity contribution in [2.24, 2.45) is 0 Å². The fourth-order valence-electron chi connectivity index (χ4n) is 1.44. The molecule has 1 aromatic carbocycles. The van der Waals surface area contributed by atoms with E-state index >= 15 is 0 Å². The van der Waals surface area contributed by atoms with E-state index in [1.807, 2.05) is 0 Å². The summed E-state index contributed by atoms with van der Waals surface area (Å²) in [5, 5.41) is 18.4. The SMILES string of the molecule is CC(O)Cc1coc(-c2ccc(O)cc2)n1. The average molecular weight is 219 g/mol. The van der Waals surface area contributed by atoms with Crippen molar-refractivity contribution in [1.29, 1.82) is 0 Å². The van der Waals surface area contributed by atoms with Crippen LogP contribution in [0.4, 0.5) is 0 Å². The van der Waals surface area contributed by atoms with Crippen molar-refractivity contribution in [2.45, 2.75) is 19.4 Å². The fourth-order valence-corrected chi connectivity index (χ4v) is 1.44. The van der Waals surface area contributed by atoms with Gasteiger partial charge in [0, 0.05) is 12.0 Å². The van der Waals surface area contributed by atoms with Gasteiger partial charge in [-0.1, -0.05) is 0 Å². The summed E-state index contributed by atoms with van der Waals surface area (Å²) >= 11 is 0. The van der Waals surface area contributed by atoms with Gasteiger partial charge in [-0.2, -0.15) is 0 Å². The lowest BCUT2D eigenvalue weighted by atomic mass is 10.2. The molecule has 0 aliphatic heterocycles. The zero-order chi connectivity index (χ0) is 11.5. The van der Waals surface area contributed by atoms with Crippen LogP contribution >= 0.6 is 0 Å². The van der Waals surface area contributed by atoms with Crippen LogP contribution in [0.1, 0.15) is 12.6 Å². The summed E-state index contributed by atoms with van der Waals surface area (Å²) in [4.78, 5) is 4.24. The lowest BCUT2D eigenvalue weighted by Crippen LogP contribution is -2.04. The third kappa shape index (κ3) is 2.41. The van der Waals surface area contributed by atoms with Crippen LogP contribution in [0.15, 0.2) is 34.9 Å². The molecule has 0 amide bonds. The van der Waals surface area contributed by atoms with Crippen molar-refractivity contribution in [3.05, 3.63) is 36.2 Å². The Hall–Kier alpha value is -1.81. The summed E-state index contributed by atoms with van der Waals surface area (Å²) in [5.74, 6) is 0.704. The van der Waals surface area contributed by atoms with E-state index < -0.39 is 6.10 Å². The molecule has 2 aromatic rings.